The van der Waals surface area contributed by atoms with Gasteiger partial charge in [0.15, 0.2) is 0 Å². The number of aromatic hydroxyl groups is 2. The van der Waals surface area contributed by atoms with Crippen molar-refractivity contribution in [2.24, 2.45) is 31.8 Å². The van der Waals surface area contributed by atoms with E-state index in [1.54, 1.807) is 24.9 Å². The largest absolute Gasteiger partial charge is 0.507 e. The molecule has 1 heterocycles. The van der Waals surface area contributed by atoms with Gasteiger partial charge in [-0.2, -0.15) is 0 Å². The Morgan fingerprint density at radius 1 is 0.526 bits per heavy atom. The van der Waals surface area contributed by atoms with Gasteiger partial charge in [-0.25, -0.2) is 0 Å². The van der Waals surface area contributed by atoms with Gasteiger partial charge in [0, 0.05) is 73.3 Å². The smallest absolute Gasteiger partial charge is 0.133 e. The minimum atomic E-state index is -0.0784. The van der Waals surface area contributed by atoms with Gasteiger partial charge < -0.3 is 10.2 Å². The molecule has 38 heavy (non-hydrogen) atoms. The molecule has 0 fully saturated rings. The molecule has 0 amide bonds. The van der Waals surface area contributed by atoms with Crippen LogP contribution >= 0.6 is 0 Å². The minimum Gasteiger partial charge on any atom is -0.507 e. The standard InChI is InChI=1S/C32H44N4O2/c1-21-13-33-17-23-9-27(31(3,4)5)11-25(29(23)37)19-35-15-22(2)16-36-20-26-12-28(32(6,7)8)10-24(30(26)38)18-34-14-21/h9-12,17-22,37-38H,13-16H2,1-8H3. The molecule has 6 nitrogen and oxygen atoms in total. The Balaban J connectivity index is 2.00. The van der Waals surface area contributed by atoms with E-state index in [1.807, 2.05) is 24.3 Å². The number of rotatable bonds is 0. The number of nitrogens with zero attached hydrogens (tertiary/aromatic N) is 4. The van der Waals surface area contributed by atoms with Crippen LogP contribution in [-0.4, -0.2) is 61.3 Å². The predicted molar refractivity (Wildman–Crippen MR) is 162 cm³/mol. The fourth-order valence-corrected chi connectivity index (χ4v) is 4.06. The van der Waals surface area contributed by atoms with Crippen LogP contribution in [-0.2, 0) is 10.8 Å². The molecule has 2 aromatic carbocycles. The van der Waals surface area contributed by atoms with Gasteiger partial charge in [0.05, 0.1) is 0 Å². The molecule has 3 rings (SSSR count). The Kier molecular flexibility index (Phi) is 9.29. The van der Waals surface area contributed by atoms with Gasteiger partial charge in [-0.3, -0.25) is 20.0 Å². The summed E-state index contributed by atoms with van der Waals surface area (Å²) < 4.78 is 0. The molecule has 4 bridgehead atoms. The summed E-state index contributed by atoms with van der Waals surface area (Å²) in [6, 6.07) is 8.02. The molecule has 204 valence electrons. The third-order valence-electron chi connectivity index (χ3n) is 6.66. The summed E-state index contributed by atoms with van der Waals surface area (Å²) in [6.45, 7) is 19.4. The molecule has 0 unspecified atom stereocenters. The van der Waals surface area contributed by atoms with Crippen molar-refractivity contribution >= 4 is 24.9 Å². The van der Waals surface area contributed by atoms with Crippen LogP contribution in [0.25, 0.3) is 0 Å². The Hall–Kier alpha value is -3.28. The highest BCUT2D eigenvalue weighted by molar-refractivity contribution is 5.93. The fourth-order valence-electron chi connectivity index (χ4n) is 4.06. The van der Waals surface area contributed by atoms with Crippen LogP contribution in [0.1, 0.15) is 88.8 Å². The molecular formula is C32H44N4O2. The van der Waals surface area contributed by atoms with Gasteiger partial charge in [0.1, 0.15) is 11.5 Å². The highest BCUT2D eigenvalue weighted by Crippen LogP contribution is 2.31. The van der Waals surface area contributed by atoms with Crippen LogP contribution in [0.15, 0.2) is 44.2 Å². The first-order valence-corrected chi connectivity index (χ1v) is 13.5. The van der Waals surface area contributed by atoms with Crippen molar-refractivity contribution in [2.75, 3.05) is 26.2 Å². The quantitative estimate of drug-likeness (QED) is 0.427. The first kappa shape index (κ1) is 29.3. The summed E-state index contributed by atoms with van der Waals surface area (Å²) in [5.41, 5.74) is 4.85. The normalized spacial score (nSPS) is 19.5. The molecule has 0 saturated heterocycles. The third-order valence-corrected chi connectivity index (χ3v) is 6.66. The van der Waals surface area contributed by atoms with Gasteiger partial charge >= 0.3 is 0 Å². The number of fused-ring (bicyclic) bond motifs is 4. The van der Waals surface area contributed by atoms with Crippen molar-refractivity contribution in [3.63, 3.8) is 0 Å². The lowest BCUT2D eigenvalue weighted by molar-refractivity contribution is 0.471. The number of benzene rings is 2. The van der Waals surface area contributed by atoms with Crippen LogP contribution < -0.4 is 0 Å². The van der Waals surface area contributed by atoms with Crippen molar-refractivity contribution in [2.45, 2.75) is 66.2 Å². The van der Waals surface area contributed by atoms with Crippen LogP contribution in [0.3, 0.4) is 0 Å². The fraction of sp³-hybridized carbons (Fsp3) is 0.500. The van der Waals surface area contributed by atoms with Crippen molar-refractivity contribution in [3.05, 3.63) is 57.6 Å². The molecule has 6 heteroatoms. The van der Waals surface area contributed by atoms with Gasteiger partial charge in [0.25, 0.3) is 0 Å². The lowest BCUT2D eigenvalue weighted by Crippen LogP contribution is -2.13. The van der Waals surface area contributed by atoms with E-state index in [1.165, 1.54) is 0 Å². The van der Waals surface area contributed by atoms with E-state index in [4.69, 9.17) is 0 Å². The number of phenolic OH excluding ortho intramolecular Hbond substituents is 2. The first-order valence-electron chi connectivity index (χ1n) is 13.5. The van der Waals surface area contributed by atoms with E-state index in [0.717, 1.165) is 11.1 Å². The second kappa shape index (κ2) is 12.1. The van der Waals surface area contributed by atoms with E-state index in [9.17, 15) is 10.2 Å². The molecule has 0 spiro atoms. The molecule has 2 N–H and O–H groups in total. The number of aliphatic imine (C=N–C) groups is 4. The predicted octanol–water partition coefficient (Wildman–Crippen LogP) is 6.35. The summed E-state index contributed by atoms with van der Waals surface area (Å²) in [6.07, 6.45) is 7.01. The SMILES string of the molecule is CC1CN=Cc2cc(C(C)(C)C)cc(c2O)C=NCC(C)CN=Cc2cc(C(C)(C)C)cc(c2O)C=NC1. The Labute approximate surface area is 228 Å². The highest BCUT2D eigenvalue weighted by Gasteiger charge is 2.19. The lowest BCUT2D eigenvalue weighted by Gasteiger charge is -2.21. The van der Waals surface area contributed by atoms with E-state index in [0.29, 0.717) is 48.4 Å². The minimum absolute atomic E-state index is 0.0784. The summed E-state index contributed by atoms with van der Waals surface area (Å²) in [4.78, 5) is 18.5. The molecular weight excluding hydrogens is 472 g/mol. The maximum Gasteiger partial charge on any atom is 0.133 e. The molecule has 0 aromatic heterocycles. The van der Waals surface area contributed by atoms with Crippen LogP contribution in [0, 0.1) is 11.8 Å². The second-order valence-electron chi connectivity index (χ2n) is 12.7. The van der Waals surface area contributed by atoms with Gasteiger partial charge in [-0.1, -0.05) is 55.4 Å². The third kappa shape index (κ3) is 7.86. The zero-order valence-electron chi connectivity index (χ0n) is 24.3. The average molecular weight is 517 g/mol. The highest BCUT2D eigenvalue weighted by atomic mass is 16.3. The molecule has 0 atom stereocenters. The van der Waals surface area contributed by atoms with Crippen molar-refractivity contribution in [1.29, 1.82) is 0 Å². The number of phenols is 2. The van der Waals surface area contributed by atoms with E-state index in [2.05, 4.69) is 75.4 Å². The second-order valence-corrected chi connectivity index (χ2v) is 12.7. The average Bonchev–Trinajstić information content (AvgIpc) is 2.81. The Morgan fingerprint density at radius 2 is 0.763 bits per heavy atom. The summed E-state index contributed by atoms with van der Waals surface area (Å²) >= 11 is 0. The number of hydrogen-bond donors (Lipinski definition) is 2. The molecule has 1 aliphatic heterocycles. The zero-order chi connectivity index (χ0) is 28.1. The van der Waals surface area contributed by atoms with Gasteiger partial charge in [0.2, 0.25) is 0 Å². The summed E-state index contributed by atoms with van der Waals surface area (Å²) in [5, 5.41) is 21.9. The summed E-state index contributed by atoms with van der Waals surface area (Å²) in [7, 11) is 0. The van der Waals surface area contributed by atoms with E-state index in [-0.39, 0.29) is 34.2 Å². The van der Waals surface area contributed by atoms with E-state index < -0.39 is 0 Å². The molecule has 0 aliphatic carbocycles. The van der Waals surface area contributed by atoms with Crippen LogP contribution in [0.5, 0.6) is 11.5 Å². The Morgan fingerprint density at radius 3 is 0.974 bits per heavy atom. The van der Waals surface area contributed by atoms with Gasteiger partial charge in [-0.05, 0) is 58.1 Å². The molecule has 0 radical (unpaired) electrons. The molecule has 0 saturated carbocycles. The summed E-state index contributed by atoms with van der Waals surface area (Å²) in [5.74, 6) is 0.773. The zero-order valence-corrected chi connectivity index (χ0v) is 24.3. The monoisotopic (exact) mass is 516 g/mol. The molecule has 2 aromatic rings. The van der Waals surface area contributed by atoms with Crippen molar-refractivity contribution in [1.82, 2.24) is 0 Å². The lowest BCUT2D eigenvalue weighted by atomic mass is 9.85. The van der Waals surface area contributed by atoms with Crippen molar-refractivity contribution < 1.29 is 10.2 Å². The maximum atomic E-state index is 11.0. The van der Waals surface area contributed by atoms with E-state index >= 15 is 0 Å². The topological polar surface area (TPSA) is 89.9 Å². The molecule has 1 aliphatic rings. The Bertz CT molecular complexity index is 1070. The first-order chi connectivity index (χ1) is 17.8. The van der Waals surface area contributed by atoms with Crippen LogP contribution in [0.4, 0.5) is 0 Å². The number of hydrogen-bond acceptors (Lipinski definition) is 6. The van der Waals surface area contributed by atoms with Gasteiger partial charge in [-0.15, -0.1) is 0 Å². The maximum absolute atomic E-state index is 11.0. The van der Waals surface area contributed by atoms with Crippen molar-refractivity contribution in [3.8, 4) is 11.5 Å². The van der Waals surface area contributed by atoms with Crippen LogP contribution in [0.2, 0.25) is 0 Å².